The highest BCUT2D eigenvalue weighted by Gasteiger charge is 2.46. The summed E-state index contributed by atoms with van der Waals surface area (Å²) in [5.74, 6) is -1.89. The van der Waals surface area contributed by atoms with Crippen LogP contribution in [0.2, 0.25) is 0 Å². The van der Waals surface area contributed by atoms with Crippen molar-refractivity contribution in [3.8, 4) is 5.75 Å². The number of nitrogens with one attached hydrogen (secondary N) is 1. The lowest BCUT2D eigenvalue weighted by Gasteiger charge is -2.34. The van der Waals surface area contributed by atoms with E-state index in [0.29, 0.717) is 38.8 Å². The van der Waals surface area contributed by atoms with Crippen molar-refractivity contribution in [3.05, 3.63) is 64.7 Å². The molecule has 0 bridgehead atoms. The van der Waals surface area contributed by atoms with Crippen LogP contribution in [-0.2, 0) is 37.0 Å². The Morgan fingerprint density at radius 1 is 0.761 bits per heavy atom. The molecule has 0 radical (unpaired) electrons. The van der Waals surface area contributed by atoms with Gasteiger partial charge in [0.1, 0.15) is 18.4 Å². The van der Waals surface area contributed by atoms with Crippen LogP contribution in [0.1, 0.15) is 58.0 Å². The highest BCUT2D eigenvalue weighted by Crippen LogP contribution is 2.34. The predicted molar refractivity (Wildman–Crippen MR) is 168 cm³/mol. The number of fused-ring (bicyclic) bond motifs is 1. The average Bonchev–Trinajstić information content (AvgIpc) is 3.32. The van der Waals surface area contributed by atoms with Gasteiger partial charge in [-0.1, -0.05) is 37.3 Å². The summed E-state index contributed by atoms with van der Waals surface area (Å²) in [7, 11) is 0. The van der Waals surface area contributed by atoms with Crippen LogP contribution in [0.4, 0.5) is 0 Å². The second-order valence-corrected chi connectivity index (χ2v) is 11.7. The molecule has 0 saturated carbocycles. The van der Waals surface area contributed by atoms with Crippen LogP contribution in [0.15, 0.2) is 42.5 Å². The van der Waals surface area contributed by atoms with Crippen molar-refractivity contribution < 1.29 is 38.1 Å². The molecule has 1 N–H and O–H groups in total. The van der Waals surface area contributed by atoms with Crippen LogP contribution in [-0.4, -0.2) is 117 Å². The molecule has 0 spiro atoms. The number of ether oxygens (including phenoxy) is 4. The molecule has 248 valence electrons. The predicted octanol–water partition coefficient (Wildman–Crippen LogP) is 2.24. The van der Waals surface area contributed by atoms with E-state index in [0.717, 1.165) is 62.8 Å². The van der Waals surface area contributed by atoms with Crippen molar-refractivity contribution in [3.63, 3.8) is 0 Å². The lowest BCUT2D eigenvalue weighted by atomic mass is 10.0. The van der Waals surface area contributed by atoms with Crippen LogP contribution in [0.25, 0.3) is 0 Å². The number of nitrogens with zero attached hydrogens (tertiary/aromatic N) is 3. The summed E-state index contributed by atoms with van der Waals surface area (Å²) in [6, 6.07) is 12.1. The quantitative estimate of drug-likeness (QED) is 0.204. The van der Waals surface area contributed by atoms with Crippen molar-refractivity contribution in [1.29, 1.82) is 0 Å². The number of piperidine rings is 1. The van der Waals surface area contributed by atoms with Gasteiger partial charge in [0, 0.05) is 52.3 Å². The van der Waals surface area contributed by atoms with Crippen LogP contribution >= 0.6 is 0 Å². The molecule has 3 aliphatic heterocycles. The number of amides is 4. The third-order valence-corrected chi connectivity index (χ3v) is 8.36. The van der Waals surface area contributed by atoms with Crippen LogP contribution < -0.4 is 10.1 Å². The summed E-state index contributed by atoms with van der Waals surface area (Å²) in [6.45, 7) is 12.0. The number of imide groups is 2. The van der Waals surface area contributed by atoms with Crippen molar-refractivity contribution >= 4 is 23.6 Å². The standard InChI is InChI=1S/C34H44N4O8/c1-2-17-43-19-21-45-22-20-44-18-16-36-12-14-37(15-13-36)23-25-6-8-26(9-7-25)24-46-29-5-3-4-27-31(29)34(42)38(33(27)41)28-10-11-30(39)35-32(28)40/h3-9,28H,2,10-24H2,1H3,(H,35,39,40). The van der Waals surface area contributed by atoms with Gasteiger partial charge in [0.05, 0.1) is 44.2 Å². The number of carbonyl (C=O) groups is 4. The van der Waals surface area contributed by atoms with E-state index in [-0.39, 0.29) is 30.6 Å². The van der Waals surface area contributed by atoms with Gasteiger partial charge in [-0.25, -0.2) is 0 Å². The van der Waals surface area contributed by atoms with Gasteiger partial charge in [0.25, 0.3) is 11.8 Å². The largest absolute Gasteiger partial charge is 0.488 e. The fourth-order valence-electron chi connectivity index (χ4n) is 5.82. The highest BCUT2D eigenvalue weighted by molar-refractivity contribution is 6.24. The molecule has 2 saturated heterocycles. The molecule has 3 heterocycles. The van der Waals surface area contributed by atoms with Crippen molar-refractivity contribution in [2.75, 3.05) is 72.4 Å². The summed E-state index contributed by atoms with van der Waals surface area (Å²) in [6.07, 6.45) is 1.20. The lowest BCUT2D eigenvalue weighted by molar-refractivity contribution is -0.136. The molecule has 3 aliphatic rings. The summed E-state index contributed by atoms with van der Waals surface area (Å²) in [5.41, 5.74) is 2.49. The number of carbonyl (C=O) groups excluding carboxylic acids is 4. The molecule has 5 rings (SSSR count). The lowest BCUT2D eigenvalue weighted by Crippen LogP contribution is -2.54. The van der Waals surface area contributed by atoms with Crippen LogP contribution in [0, 0.1) is 0 Å². The Bertz CT molecular complexity index is 1360. The van der Waals surface area contributed by atoms with Gasteiger partial charge >= 0.3 is 0 Å². The number of hydrogen-bond acceptors (Lipinski definition) is 10. The first-order valence-corrected chi connectivity index (χ1v) is 16.2. The fourth-order valence-corrected chi connectivity index (χ4v) is 5.82. The number of rotatable bonds is 17. The average molecular weight is 637 g/mol. The van der Waals surface area contributed by atoms with E-state index in [2.05, 4.69) is 34.2 Å². The molecule has 1 unspecified atom stereocenters. The van der Waals surface area contributed by atoms with Crippen LogP contribution in [0.5, 0.6) is 5.75 Å². The summed E-state index contributed by atoms with van der Waals surface area (Å²) in [5, 5.41) is 2.22. The third kappa shape index (κ3) is 8.77. The second-order valence-electron chi connectivity index (χ2n) is 11.7. The Morgan fingerprint density at radius 2 is 1.41 bits per heavy atom. The Hall–Kier alpha value is -3.68. The molecule has 2 aromatic rings. The third-order valence-electron chi connectivity index (χ3n) is 8.36. The molecule has 1 atom stereocenters. The highest BCUT2D eigenvalue weighted by atomic mass is 16.5. The van der Waals surface area contributed by atoms with Gasteiger partial charge in [-0.15, -0.1) is 0 Å². The molecule has 0 aromatic heterocycles. The van der Waals surface area contributed by atoms with Gasteiger partial charge < -0.3 is 18.9 Å². The monoisotopic (exact) mass is 636 g/mol. The first kappa shape index (κ1) is 33.7. The Morgan fingerprint density at radius 3 is 2.11 bits per heavy atom. The minimum Gasteiger partial charge on any atom is -0.488 e. The maximum atomic E-state index is 13.3. The van der Waals surface area contributed by atoms with E-state index in [4.69, 9.17) is 18.9 Å². The van der Waals surface area contributed by atoms with Crippen LogP contribution in [0.3, 0.4) is 0 Å². The number of piperazine rings is 1. The minimum atomic E-state index is -1.01. The van der Waals surface area contributed by atoms with Crippen molar-refractivity contribution in [2.24, 2.45) is 0 Å². The molecular formula is C34H44N4O8. The zero-order chi connectivity index (χ0) is 32.3. The fraction of sp³-hybridized carbons (Fsp3) is 0.529. The normalized spacial score (nSPS) is 19.1. The van der Waals surface area contributed by atoms with E-state index >= 15 is 0 Å². The maximum Gasteiger partial charge on any atom is 0.266 e. The van der Waals surface area contributed by atoms with Gasteiger partial charge in [0.15, 0.2) is 0 Å². The molecule has 12 heteroatoms. The molecule has 0 aliphatic carbocycles. The smallest absolute Gasteiger partial charge is 0.266 e. The zero-order valence-corrected chi connectivity index (χ0v) is 26.5. The zero-order valence-electron chi connectivity index (χ0n) is 26.5. The first-order chi connectivity index (χ1) is 22.4. The van der Waals surface area contributed by atoms with Gasteiger partial charge in [-0.3, -0.25) is 39.2 Å². The molecular weight excluding hydrogens is 592 g/mol. The Balaban J connectivity index is 1.02. The van der Waals surface area contributed by atoms with E-state index in [9.17, 15) is 19.2 Å². The molecule has 4 amide bonds. The van der Waals surface area contributed by atoms with E-state index in [1.54, 1.807) is 18.2 Å². The first-order valence-electron chi connectivity index (χ1n) is 16.2. The van der Waals surface area contributed by atoms with Crippen molar-refractivity contribution in [2.45, 2.75) is 45.4 Å². The summed E-state index contributed by atoms with van der Waals surface area (Å²) >= 11 is 0. The Labute approximate surface area is 269 Å². The van der Waals surface area contributed by atoms with E-state index < -0.39 is 29.7 Å². The van der Waals surface area contributed by atoms with E-state index in [1.165, 1.54) is 5.56 Å². The summed E-state index contributed by atoms with van der Waals surface area (Å²) in [4.78, 5) is 56.1. The van der Waals surface area contributed by atoms with Crippen molar-refractivity contribution in [1.82, 2.24) is 20.0 Å². The molecule has 2 aromatic carbocycles. The topological polar surface area (TPSA) is 127 Å². The number of benzene rings is 2. The molecule has 12 nitrogen and oxygen atoms in total. The van der Waals surface area contributed by atoms with Gasteiger partial charge in [-0.2, -0.15) is 0 Å². The summed E-state index contributed by atoms with van der Waals surface area (Å²) < 4.78 is 22.6. The van der Waals surface area contributed by atoms with Gasteiger partial charge in [0.2, 0.25) is 11.8 Å². The Kier molecular flexibility index (Phi) is 12.3. The minimum absolute atomic E-state index is 0.0714. The maximum absolute atomic E-state index is 13.3. The van der Waals surface area contributed by atoms with Gasteiger partial charge in [-0.05, 0) is 36.1 Å². The SMILES string of the molecule is CCCOCCOCCOCCN1CCN(Cc2ccc(COc3cccc4c3C(=O)N(C3CCC(=O)NC3=O)C4=O)cc2)CC1. The molecule has 2 fully saturated rings. The second kappa shape index (κ2) is 16.8. The number of hydrogen-bond donors (Lipinski definition) is 1. The molecule has 46 heavy (non-hydrogen) atoms. The van der Waals surface area contributed by atoms with E-state index in [1.807, 2.05) is 12.1 Å².